The van der Waals surface area contributed by atoms with Gasteiger partial charge in [-0.15, -0.1) is 0 Å². The van der Waals surface area contributed by atoms with Crippen LogP contribution in [0.5, 0.6) is 0 Å². The summed E-state index contributed by atoms with van der Waals surface area (Å²) < 4.78 is 14.6. The fourth-order valence-electron chi connectivity index (χ4n) is 2.63. The van der Waals surface area contributed by atoms with Crippen LogP contribution in [0.25, 0.3) is 0 Å². The Labute approximate surface area is 132 Å². The number of rotatable bonds is 3. The lowest BCUT2D eigenvalue weighted by molar-refractivity contribution is 0.519. The molecule has 0 radical (unpaired) electrons. The zero-order valence-corrected chi connectivity index (χ0v) is 13.2. The zero-order chi connectivity index (χ0) is 14.7. The van der Waals surface area contributed by atoms with Crippen LogP contribution >= 0.6 is 15.9 Å². The predicted octanol–water partition coefficient (Wildman–Crippen LogP) is 4.06. The average molecular weight is 350 g/mol. The Balaban J connectivity index is 1.62. The first-order valence-electron chi connectivity index (χ1n) is 7.10. The van der Waals surface area contributed by atoms with Crippen LogP contribution in [0.2, 0.25) is 0 Å². The normalized spacial score (nSPS) is 16.0. The van der Waals surface area contributed by atoms with Crippen molar-refractivity contribution in [3.63, 3.8) is 0 Å². The van der Waals surface area contributed by atoms with Crippen molar-refractivity contribution in [2.24, 2.45) is 0 Å². The number of hydrogen-bond donors (Lipinski definition) is 1. The van der Waals surface area contributed by atoms with Gasteiger partial charge in [-0.05, 0) is 53.0 Å². The Morgan fingerprint density at radius 2 is 1.95 bits per heavy atom. The van der Waals surface area contributed by atoms with Crippen molar-refractivity contribution in [1.29, 1.82) is 0 Å². The molecule has 1 fully saturated rings. The van der Waals surface area contributed by atoms with Crippen LogP contribution in [0.4, 0.5) is 15.9 Å². The third-order valence-corrected chi connectivity index (χ3v) is 4.44. The first kappa shape index (κ1) is 14.3. The molecule has 0 amide bonds. The maximum atomic E-state index is 13.8. The van der Waals surface area contributed by atoms with Crippen molar-refractivity contribution in [2.45, 2.75) is 18.9 Å². The number of pyridine rings is 1. The third kappa shape index (κ3) is 3.35. The topological polar surface area (TPSA) is 28.2 Å². The molecule has 1 aliphatic heterocycles. The van der Waals surface area contributed by atoms with Crippen molar-refractivity contribution < 1.29 is 4.39 Å². The van der Waals surface area contributed by atoms with Crippen molar-refractivity contribution in [2.75, 3.05) is 23.3 Å². The number of para-hydroxylation sites is 1. The summed E-state index contributed by atoms with van der Waals surface area (Å²) in [5.41, 5.74) is 0.564. The quantitative estimate of drug-likeness (QED) is 0.905. The predicted molar refractivity (Wildman–Crippen MR) is 87.2 cm³/mol. The summed E-state index contributed by atoms with van der Waals surface area (Å²) in [7, 11) is 0. The minimum atomic E-state index is -0.212. The van der Waals surface area contributed by atoms with Gasteiger partial charge in [0.25, 0.3) is 0 Å². The molecule has 0 atom stereocenters. The van der Waals surface area contributed by atoms with Crippen LogP contribution in [0.15, 0.2) is 47.1 Å². The maximum absolute atomic E-state index is 13.8. The molecule has 21 heavy (non-hydrogen) atoms. The van der Waals surface area contributed by atoms with E-state index in [9.17, 15) is 4.39 Å². The van der Waals surface area contributed by atoms with Gasteiger partial charge in [-0.3, -0.25) is 0 Å². The summed E-state index contributed by atoms with van der Waals surface area (Å²) in [6.45, 7) is 1.86. The van der Waals surface area contributed by atoms with Crippen LogP contribution in [-0.2, 0) is 0 Å². The van der Waals surface area contributed by atoms with E-state index in [2.05, 4.69) is 31.1 Å². The minimum absolute atomic E-state index is 0.212. The Hall–Kier alpha value is -1.62. The Morgan fingerprint density at radius 1 is 1.14 bits per heavy atom. The highest BCUT2D eigenvalue weighted by molar-refractivity contribution is 9.10. The van der Waals surface area contributed by atoms with Gasteiger partial charge in [0, 0.05) is 29.8 Å². The smallest absolute Gasteiger partial charge is 0.147 e. The highest BCUT2D eigenvalue weighted by Crippen LogP contribution is 2.28. The first-order valence-corrected chi connectivity index (χ1v) is 7.90. The molecule has 5 heteroatoms. The molecule has 3 nitrogen and oxygen atoms in total. The summed E-state index contributed by atoms with van der Waals surface area (Å²) in [5, 5.41) is 3.32. The van der Waals surface area contributed by atoms with E-state index in [1.54, 1.807) is 6.07 Å². The number of halogens is 2. The molecule has 110 valence electrons. The lowest BCUT2D eigenvalue weighted by atomic mass is 10.0. The maximum Gasteiger partial charge on any atom is 0.147 e. The largest absolute Gasteiger partial charge is 0.379 e. The van der Waals surface area contributed by atoms with Crippen LogP contribution in [0.1, 0.15) is 12.8 Å². The van der Waals surface area contributed by atoms with Crippen molar-refractivity contribution in [1.82, 2.24) is 4.98 Å². The van der Waals surface area contributed by atoms with Crippen LogP contribution in [-0.4, -0.2) is 24.1 Å². The van der Waals surface area contributed by atoms with Crippen LogP contribution < -0.4 is 10.2 Å². The summed E-state index contributed by atoms with van der Waals surface area (Å²) >= 11 is 3.40. The summed E-state index contributed by atoms with van der Waals surface area (Å²) in [4.78, 5) is 6.65. The second kappa shape index (κ2) is 6.43. The number of nitrogens with zero attached hydrogens (tertiary/aromatic N) is 2. The molecule has 1 aromatic heterocycles. The zero-order valence-electron chi connectivity index (χ0n) is 11.6. The van der Waals surface area contributed by atoms with E-state index in [0.29, 0.717) is 5.69 Å². The molecular weight excluding hydrogens is 333 g/mol. The number of piperidine rings is 1. The van der Waals surface area contributed by atoms with Gasteiger partial charge in [-0.25, -0.2) is 9.37 Å². The van der Waals surface area contributed by atoms with E-state index >= 15 is 0 Å². The third-order valence-electron chi connectivity index (χ3n) is 3.78. The second-order valence-electron chi connectivity index (χ2n) is 5.19. The lowest BCUT2D eigenvalue weighted by Gasteiger charge is -2.33. The molecule has 1 aromatic carbocycles. The lowest BCUT2D eigenvalue weighted by Crippen LogP contribution is -2.39. The molecule has 0 spiro atoms. The fourth-order valence-corrected chi connectivity index (χ4v) is 3.09. The molecule has 1 N–H and O–H groups in total. The molecule has 0 unspecified atom stereocenters. The summed E-state index contributed by atoms with van der Waals surface area (Å²) in [6.07, 6.45) is 3.75. The molecule has 2 aromatic rings. The molecule has 0 aliphatic carbocycles. The summed E-state index contributed by atoms with van der Waals surface area (Å²) in [6, 6.07) is 11.3. The van der Waals surface area contributed by atoms with Gasteiger partial charge in [0.2, 0.25) is 0 Å². The van der Waals surface area contributed by atoms with E-state index < -0.39 is 0 Å². The fraction of sp³-hybridized carbons (Fsp3) is 0.312. The van der Waals surface area contributed by atoms with Crippen molar-refractivity contribution >= 4 is 27.4 Å². The number of nitrogens with one attached hydrogen (secondary N) is 1. The van der Waals surface area contributed by atoms with E-state index in [1.165, 1.54) is 6.07 Å². The van der Waals surface area contributed by atoms with Crippen LogP contribution in [0, 0.1) is 5.82 Å². The van der Waals surface area contributed by atoms with Gasteiger partial charge in [0.1, 0.15) is 11.6 Å². The minimum Gasteiger partial charge on any atom is -0.379 e. The Morgan fingerprint density at radius 3 is 2.62 bits per heavy atom. The number of hydrogen-bond acceptors (Lipinski definition) is 3. The van der Waals surface area contributed by atoms with Gasteiger partial charge < -0.3 is 10.2 Å². The number of aromatic nitrogens is 1. The van der Waals surface area contributed by atoms with Gasteiger partial charge in [-0.2, -0.15) is 0 Å². The van der Waals surface area contributed by atoms with Gasteiger partial charge >= 0.3 is 0 Å². The van der Waals surface area contributed by atoms with Gasteiger partial charge in [-0.1, -0.05) is 12.1 Å². The van der Waals surface area contributed by atoms with E-state index in [-0.39, 0.29) is 11.9 Å². The first-order chi connectivity index (χ1) is 10.2. The van der Waals surface area contributed by atoms with Crippen molar-refractivity contribution in [3.8, 4) is 0 Å². The SMILES string of the molecule is Fc1cccc(Br)c1NC1CCN(c2ccccn2)CC1. The van der Waals surface area contributed by atoms with E-state index in [1.807, 2.05) is 30.5 Å². The highest BCUT2D eigenvalue weighted by Gasteiger charge is 2.21. The molecule has 1 aliphatic rings. The van der Waals surface area contributed by atoms with Crippen LogP contribution in [0.3, 0.4) is 0 Å². The van der Waals surface area contributed by atoms with E-state index in [0.717, 1.165) is 36.2 Å². The molecule has 1 saturated heterocycles. The molecular formula is C16H17BrFN3. The summed E-state index contributed by atoms with van der Waals surface area (Å²) in [5.74, 6) is 0.805. The standard InChI is InChI=1S/C16H17BrFN3/c17-13-4-3-5-14(18)16(13)20-12-7-10-21(11-8-12)15-6-1-2-9-19-15/h1-6,9,12,20H,7-8,10-11H2. The Kier molecular flexibility index (Phi) is 4.39. The van der Waals surface area contributed by atoms with E-state index in [4.69, 9.17) is 0 Å². The highest BCUT2D eigenvalue weighted by atomic mass is 79.9. The molecule has 0 bridgehead atoms. The van der Waals surface area contributed by atoms with Gasteiger partial charge in [0.05, 0.1) is 5.69 Å². The average Bonchev–Trinajstić information content (AvgIpc) is 2.53. The van der Waals surface area contributed by atoms with Crippen molar-refractivity contribution in [3.05, 3.63) is 52.9 Å². The number of anilines is 2. The molecule has 3 rings (SSSR count). The molecule has 2 heterocycles. The second-order valence-corrected chi connectivity index (χ2v) is 6.04. The monoisotopic (exact) mass is 349 g/mol. The number of benzene rings is 1. The van der Waals surface area contributed by atoms with Gasteiger partial charge in [0.15, 0.2) is 0 Å². The Bertz CT molecular complexity index is 577. The molecule has 0 saturated carbocycles.